The molecule has 3 rings (SSSR count). The third-order valence-corrected chi connectivity index (χ3v) is 5.49. The predicted molar refractivity (Wildman–Crippen MR) is 83.7 cm³/mol. The minimum atomic E-state index is -1.37. The van der Waals surface area contributed by atoms with Crippen LogP contribution in [0.5, 0.6) is 0 Å². The van der Waals surface area contributed by atoms with E-state index in [1.807, 2.05) is 0 Å². The summed E-state index contributed by atoms with van der Waals surface area (Å²) in [4.78, 5) is 0. The molecule has 0 radical (unpaired) electrons. The number of fused-ring (bicyclic) bond motifs is 1. The van der Waals surface area contributed by atoms with Crippen molar-refractivity contribution >= 4 is 0 Å². The molecular formula is C19H23F3O. The average Bonchev–Trinajstić information content (AvgIpc) is 2.56. The molecule has 0 bridgehead atoms. The molecule has 1 aromatic carbocycles. The van der Waals surface area contributed by atoms with E-state index in [4.69, 9.17) is 4.74 Å². The lowest BCUT2D eigenvalue weighted by Gasteiger charge is -2.42. The molecule has 4 unspecified atom stereocenters. The first kappa shape index (κ1) is 16.6. The molecule has 2 aliphatic rings. The van der Waals surface area contributed by atoms with Crippen LogP contribution in [0.15, 0.2) is 24.8 Å². The maximum Gasteiger partial charge on any atom is 0.194 e. The average molecular weight is 324 g/mol. The van der Waals surface area contributed by atoms with Gasteiger partial charge in [0.15, 0.2) is 17.5 Å². The highest BCUT2D eigenvalue weighted by molar-refractivity contribution is 5.24. The maximum absolute atomic E-state index is 13.5. The van der Waals surface area contributed by atoms with E-state index in [9.17, 15) is 13.2 Å². The lowest BCUT2D eigenvalue weighted by atomic mass is 9.65. The molecule has 4 heteroatoms. The van der Waals surface area contributed by atoms with Gasteiger partial charge in [-0.05, 0) is 74.0 Å². The van der Waals surface area contributed by atoms with Crippen molar-refractivity contribution in [3.63, 3.8) is 0 Å². The molecule has 1 nitrogen and oxygen atoms in total. The summed E-state index contributed by atoms with van der Waals surface area (Å²) in [6.45, 7) is 4.27. The summed E-state index contributed by atoms with van der Waals surface area (Å²) >= 11 is 0. The van der Waals surface area contributed by atoms with Crippen LogP contribution < -0.4 is 0 Å². The van der Waals surface area contributed by atoms with Crippen molar-refractivity contribution in [3.8, 4) is 0 Å². The van der Waals surface area contributed by atoms with Crippen molar-refractivity contribution in [1.29, 1.82) is 0 Å². The van der Waals surface area contributed by atoms with Crippen molar-refractivity contribution in [3.05, 3.63) is 47.8 Å². The second-order valence-corrected chi connectivity index (χ2v) is 6.89. The van der Waals surface area contributed by atoms with Gasteiger partial charge in [0.2, 0.25) is 0 Å². The highest BCUT2D eigenvalue weighted by Crippen LogP contribution is 2.46. The molecule has 0 aromatic heterocycles. The van der Waals surface area contributed by atoms with Gasteiger partial charge in [-0.25, -0.2) is 13.2 Å². The van der Waals surface area contributed by atoms with Crippen LogP contribution in [0.2, 0.25) is 0 Å². The summed E-state index contributed by atoms with van der Waals surface area (Å²) in [5.74, 6) is -2.19. The first-order valence-electron chi connectivity index (χ1n) is 8.45. The van der Waals surface area contributed by atoms with Crippen LogP contribution in [0.25, 0.3) is 0 Å². The number of hydrogen-bond donors (Lipinski definition) is 0. The van der Waals surface area contributed by atoms with Crippen LogP contribution in [0.1, 0.15) is 50.0 Å². The van der Waals surface area contributed by atoms with E-state index < -0.39 is 17.5 Å². The topological polar surface area (TPSA) is 9.23 Å². The SMILES string of the molecule is C=CCOC1CCC2CC(c3cc(F)c(F)c(F)c3)CCC2C1. The molecule has 0 aliphatic heterocycles. The Balaban J connectivity index is 1.64. The maximum atomic E-state index is 13.5. The number of halogens is 3. The lowest BCUT2D eigenvalue weighted by molar-refractivity contribution is -0.00312. The quantitative estimate of drug-likeness (QED) is 0.535. The van der Waals surface area contributed by atoms with Gasteiger partial charge in [-0.3, -0.25) is 0 Å². The fourth-order valence-corrected chi connectivity index (χ4v) is 4.32. The van der Waals surface area contributed by atoms with E-state index in [0.717, 1.165) is 38.5 Å². The molecule has 2 fully saturated rings. The van der Waals surface area contributed by atoms with Crippen molar-refractivity contribution in [2.24, 2.45) is 11.8 Å². The van der Waals surface area contributed by atoms with Crippen LogP contribution in [-0.4, -0.2) is 12.7 Å². The number of rotatable bonds is 4. The zero-order valence-electron chi connectivity index (χ0n) is 13.2. The second kappa shape index (κ2) is 7.08. The molecule has 2 aliphatic carbocycles. The van der Waals surface area contributed by atoms with Crippen molar-refractivity contribution in [2.75, 3.05) is 6.61 Å². The van der Waals surface area contributed by atoms with Crippen molar-refractivity contribution in [2.45, 2.75) is 50.5 Å². The molecule has 0 spiro atoms. The Morgan fingerprint density at radius 3 is 2.35 bits per heavy atom. The van der Waals surface area contributed by atoms with Gasteiger partial charge in [0.25, 0.3) is 0 Å². The highest BCUT2D eigenvalue weighted by Gasteiger charge is 2.36. The van der Waals surface area contributed by atoms with E-state index in [1.165, 1.54) is 12.1 Å². The van der Waals surface area contributed by atoms with Crippen LogP contribution >= 0.6 is 0 Å². The Labute approximate surface area is 135 Å². The lowest BCUT2D eigenvalue weighted by Crippen LogP contribution is -2.33. The minimum absolute atomic E-state index is 0.131. The van der Waals surface area contributed by atoms with E-state index in [2.05, 4.69) is 6.58 Å². The van der Waals surface area contributed by atoms with Gasteiger partial charge in [-0.1, -0.05) is 6.08 Å². The summed E-state index contributed by atoms with van der Waals surface area (Å²) in [5, 5.41) is 0. The van der Waals surface area contributed by atoms with Crippen molar-refractivity contribution in [1.82, 2.24) is 0 Å². The normalized spacial score (nSPS) is 30.7. The Kier molecular flexibility index (Phi) is 5.10. The summed E-state index contributed by atoms with van der Waals surface area (Å²) in [6, 6.07) is 2.34. The summed E-state index contributed by atoms with van der Waals surface area (Å²) in [5.41, 5.74) is 0.602. The van der Waals surface area contributed by atoms with Crippen LogP contribution in [0.3, 0.4) is 0 Å². The van der Waals surface area contributed by atoms with E-state index in [1.54, 1.807) is 6.08 Å². The summed E-state index contributed by atoms with van der Waals surface area (Å²) in [6.07, 6.45) is 8.17. The fraction of sp³-hybridized carbons (Fsp3) is 0.579. The molecular weight excluding hydrogens is 301 g/mol. The van der Waals surface area contributed by atoms with E-state index >= 15 is 0 Å². The van der Waals surface area contributed by atoms with Crippen LogP contribution in [-0.2, 0) is 4.74 Å². The molecule has 0 N–H and O–H groups in total. The molecule has 126 valence electrons. The smallest absolute Gasteiger partial charge is 0.194 e. The fourth-order valence-electron chi connectivity index (χ4n) is 4.32. The predicted octanol–water partition coefficient (Wildman–Crippen LogP) is 5.36. The van der Waals surface area contributed by atoms with Gasteiger partial charge in [0, 0.05) is 0 Å². The van der Waals surface area contributed by atoms with Gasteiger partial charge >= 0.3 is 0 Å². The molecule has 4 atom stereocenters. The standard InChI is InChI=1S/C19H23F3O/c1-2-7-23-16-6-5-12-8-13(3-4-14(12)9-16)15-10-17(20)19(22)18(21)11-15/h2,10-14,16H,1,3-9H2. The highest BCUT2D eigenvalue weighted by atomic mass is 19.2. The van der Waals surface area contributed by atoms with Gasteiger partial charge in [0.1, 0.15) is 0 Å². The minimum Gasteiger partial charge on any atom is -0.374 e. The van der Waals surface area contributed by atoms with Crippen LogP contribution in [0, 0.1) is 29.3 Å². The Bertz CT molecular complexity index is 549. The second-order valence-electron chi connectivity index (χ2n) is 6.89. The molecule has 0 amide bonds. The molecule has 0 saturated heterocycles. The first-order valence-corrected chi connectivity index (χ1v) is 8.45. The van der Waals surface area contributed by atoms with Gasteiger partial charge in [0.05, 0.1) is 12.7 Å². The van der Waals surface area contributed by atoms with E-state index in [-0.39, 0.29) is 5.92 Å². The molecule has 0 heterocycles. The Morgan fingerprint density at radius 2 is 1.65 bits per heavy atom. The third kappa shape index (κ3) is 3.63. The monoisotopic (exact) mass is 324 g/mol. The van der Waals surface area contributed by atoms with Crippen molar-refractivity contribution < 1.29 is 17.9 Å². The zero-order valence-corrected chi connectivity index (χ0v) is 13.2. The third-order valence-electron chi connectivity index (χ3n) is 5.49. The van der Waals surface area contributed by atoms with Crippen LogP contribution in [0.4, 0.5) is 13.2 Å². The largest absolute Gasteiger partial charge is 0.374 e. The van der Waals surface area contributed by atoms with Gasteiger partial charge < -0.3 is 4.74 Å². The zero-order chi connectivity index (χ0) is 16.4. The summed E-state index contributed by atoms with van der Waals surface area (Å²) < 4.78 is 45.8. The first-order chi connectivity index (χ1) is 11.1. The van der Waals surface area contributed by atoms with Gasteiger partial charge in [-0.2, -0.15) is 0 Å². The molecule has 23 heavy (non-hydrogen) atoms. The molecule has 2 saturated carbocycles. The summed E-state index contributed by atoms with van der Waals surface area (Å²) in [7, 11) is 0. The number of hydrogen-bond acceptors (Lipinski definition) is 1. The number of benzene rings is 1. The Morgan fingerprint density at radius 1 is 1.00 bits per heavy atom. The van der Waals surface area contributed by atoms with Gasteiger partial charge in [-0.15, -0.1) is 6.58 Å². The van der Waals surface area contributed by atoms with E-state index in [0.29, 0.717) is 30.1 Å². The molecule has 1 aromatic rings. The number of ether oxygens (including phenoxy) is 1. The Hall–Kier alpha value is -1.29.